The number of hydrogen-bond acceptors (Lipinski definition) is 4. The van der Waals surface area contributed by atoms with Crippen LogP contribution in [0.25, 0.3) is 0 Å². The molecule has 0 amide bonds. The van der Waals surface area contributed by atoms with Crippen molar-refractivity contribution in [3.8, 4) is 0 Å². The quantitative estimate of drug-likeness (QED) is 0.607. The van der Waals surface area contributed by atoms with Crippen LogP contribution < -0.4 is 5.73 Å². The van der Waals surface area contributed by atoms with Crippen molar-refractivity contribution in [2.24, 2.45) is 5.73 Å². The largest absolute Gasteiger partial charge is 0.481 e. The van der Waals surface area contributed by atoms with Crippen LogP contribution in [-0.4, -0.2) is 53.7 Å². The zero-order valence-corrected chi connectivity index (χ0v) is 10.1. The third-order valence-corrected chi connectivity index (χ3v) is 1.75. The maximum absolute atomic E-state index is 9.96. The molecule has 0 spiro atoms. The minimum absolute atomic E-state index is 0.276. The number of hydrogen-bond donors (Lipinski definition) is 3. The first kappa shape index (κ1) is 17.3. The molecule has 0 radical (unpaired) electrons. The third kappa shape index (κ3) is 15.3. The van der Waals surface area contributed by atoms with E-state index >= 15 is 0 Å². The number of nitrogens with two attached hydrogens (primary N) is 1. The van der Waals surface area contributed by atoms with Crippen LogP contribution in [0.15, 0.2) is 0 Å². The molecule has 4 N–H and O–H groups in total. The highest BCUT2D eigenvalue weighted by atomic mass is 16.4. The summed E-state index contributed by atoms with van der Waals surface area (Å²) >= 11 is 0. The molecular formula is C10H22N2O4. The van der Waals surface area contributed by atoms with Crippen LogP contribution in [0.5, 0.6) is 0 Å². The van der Waals surface area contributed by atoms with Gasteiger partial charge in [-0.15, -0.1) is 0 Å². The molecule has 0 aliphatic heterocycles. The van der Waals surface area contributed by atoms with Gasteiger partial charge in [-0.05, 0) is 33.5 Å². The molecule has 0 aromatic carbocycles. The summed E-state index contributed by atoms with van der Waals surface area (Å²) in [5, 5.41) is 16.3. The highest BCUT2D eigenvalue weighted by molar-refractivity contribution is 5.72. The normalized spacial score (nSPS) is 11.6. The molecule has 1 atom stereocenters. The number of nitrogens with zero attached hydrogens (tertiary/aromatic N) is 1. The van der Waals surface area contributed by atoms with Crippen LogP contribution in [-0.2, 0) is 9.59 Å². The van der Waals surface area contributed by atoms with E-state index in [1.165, 1.54) is 0 Å². The molecular weight excluding hydrogens is 212 g/mol. The summed E-state index contributed by atoms with van der Waals surface area (Å²) in [4.78, 5) is 21.7. The zero-order valence-electron chi connectivity index (χ0n) is 10.1. The van der Waals surface area contributed by atoms with Gasteiger partial charge in [0.1, 0.15) is 6.04 Å². The van der Waals surface area contributed by atoms with Gasteiger partial charge in [0.05, 0.1) is 0 Å². The van der Waals surface area contributed by atoms with Gasteiger partial charge in [-0.25, -0.2) is 0 Å². The van der Waals surface area contributed by atoms with Gasteiger partial charge in [0.25, 0.3) is 0 Å². The standard InChI is InChI=1S/C6H13NO2.C4H9NO2/c1-7(2)5-3-4-6(8)9;1-2-3(5)4(6)7/h3-5H2,1-2H3,(H,8,9);3H,2,5H2,1H3,(H,6,7). The van der Waals surface area contributed by atoms with Crippen LogP contribution in [0.1, 0.15) is 26.2 Å². The summed E-state index contributed by atoms with van der Waals surface area (Å²) in [6.07, 6.45) is 1.51. The van der Waals surface area contributed by atoms with Crippen molar-refractivity contribution in [3.05, 3.63) is 0 Å². The Bertz CT molecular complexity index is 207. The van der Waals surface area contributed by atoms with E-state index in [-0.39, 0.29) is 6.42 Å². The second-order valence-electron chi connectivity index (χ2n) is 3.65. The van der Waals surface area contributed by atoms with Crippen molar-refractivity contribution in [1.82, 2.24) is 4.90 Å². The summed E-state index contributed by atoms with van der Waals surface area (Å²) in [7, 11) is 3.86. The van der Waals surface area contributed by atoms with Crippen LogP contribution in [0.4, 0.5) is 0 Å². The average molecular weight is 234 g/mol. The van der Waals surface area contributed by atoms with E-state index in [1.54, 1.807) is 6.92 Å². The maximum Gasteiger partial charge on any atom is 0.320 e. The summed E-state index contributed by atoms with van der Waals surface area (Å²) in [5.41, 5.74) is 5.02. The number of aliphatic carboxylic acids is 2. The van der Waals surface area contributed by atoms with Crippen molar-refractivity contribution in [2.45, 2.75) is 32.2 Å². The molecule has 0 saturated heterocycles. The molecule has 0 aromatic heterocycles. The van der Waals surface area contributed by atoms with E-state index < -0.39 is 18.0 Å². The minimum Gasteiger partial charge on any atom is -0.481 e. The van der Waals surface area contributed by atoms with Gasteiger partial charge >= 0.3 is 11.9 Å². The van der Waals surface area contributed by atoms with E-state index in [1.807, 2.05) is 19.0 Å². The second-order valence-corrected chi connectivity index (χ2v) is 3.65. The highest BCUT2D eigenvalue weighted by Crippen LogP contribution is 1.89. The lowest BCUT2D eigenvalue weighted by molar-refractivity contribution is -0.139. The molecule has 0 aliphatic carbocycles. The first-order chi connectivity index (χ1) is 7.31. The number of carboxylic acids is 2. The summed E-state index contributed by atoms with van der Waals surface area (Å²) in [6.45, 7) is 2.59. The lowest BCUT2D eigenvalue weighted by Gasteiger charge is -2.06. The first-order valence-electron chi connectivity index (χ1n) is 5.16. The van der Waals surface area contributed by atoms with Crippen molar-refractivity contribution in [2.75, 3.05) is 20.6 Å². The summed E-state index contributed by atoms with van der Waals surface area (Å²) in [6, 6.07) is -0.681. The predicted octanol–water partition coefficient (Wildman–Crippen LogP) is 0.221. The Balaban J connectivity index is 0. The Morgan fingerprint density at radius 2 is 1.81 bits per heavy atom. The zero-order chi connectivity index (χ0) is 13.1. The van der Waals surface area contributed by atoms with E-state index in [0.29, 0.717) is 6.42 Å². The Labute approximate surface area is 96.0 Å². The minimum atomic E-state index is -0.928. The van der Waals surface area contributed by atoms with Crippen LogP contribution in [0.2, 0.25) is 0 Å². The Kier molecular flexibility index (Phi) is 11.2. The fourth-order valence-electron chi connectivity index (χ4n) is 0.721. The van der Waals surface area contributed by atoms with Gasteiger partial charge in [-0.1, -0.05) is 6.92 Å². The molecule has 0 aliphatic rings. The van der Waals surface area contributed by atoms with Crippen molar-refractivity contribution in [3.63, 3.8) is 0 Å². The molecule has 0 saturated carbocycles. The monoisotopic (exact) mass is 234 g/mol. The topological polar surface area (TPSA) is 104 Å². The van der Waals surface area contributed by atoms with Gasteiger partial charge in [0.2, 0.25) is 0 Å². The average Bonchev–Trinajstić information content (AvgIpc) is 2.16. The summed E-state index contributed by atoms with van der Waals surface area (Å²) < 4.78 is 0. The Morgan fingerprint density at radius 1 is 1.31 bits per heavy atom. The molecule has 6 nitrogen and oxygen atoms in total. The lowest BCUT2D eigenvalue weighted by Crippen LogP contribution is -2.28. The van der Waals surface area contributed by atoms with Crippen molar-refractivity contribution in [1.29, 1.82) is 0 Å². The third-order valence-electron chi connectivity index (χ3n) is 1.75. The predicted molar refractivity (Wildman–Crippen MR) is 61.3 cm³/mol. The molecule has 1 unspecified atom stereocenters. The Morgan fingerprint density at radius 3 is 2.00 bits per heavy atom. The summed E-state index contributed by atoms with van der Waals surface area (Å²) in [5.74, 6) is -1.64. The number of rotatable bonds is 6. The van der Waals surface area contributed by atoms with Gasteiger partial charge < -0.3 is 20.8 Å². The van der Waals surface area contributed by atoms with Gasteiger partial charge in [-0.3, -0.25) is 9.59 Å². The smallest absolute Gasteiger partial charge is 0.320 e. The van der Waals surface area contributed by atoms with E-state index in [9.17, 15) is 9.59 Å². The van der Waals surface area contributed by atoms with E-state index in [2.05, 4.69) is 0 Å². The number of carboxylic acid groups (broad SMARTS) is 2. The van der Waals surface area contributed by atoms with Crippen molar-refractivity contribution < 1.29 is 19.8 Å². The van der Waals surface area contributed by atoms with Gasteiger partial charge in [-0.2, -0.15) is 0 Å². The van der Waals surface area contributed by atoms with Crippen LogP contribution in [0.3, 0.4) is 0 Å². The molecule has 0 bridgehead atoms. The fourth-order valence-corrected chi connectivity index (χ4v) is 0.721. The van der Waals surface area contributed by atoms with E-state index in [4.69, 9.17) is 15.9 Å². The second kappa shape index (κ2) is 10.4. The van der Waals surface area contributed by atoms with Crippen LogP contribution in [0, 0.1) is 0 Å². The molecule has 0 fully saturated rings. The van der Waals surface area contributed by atoms with Crippen LogP contribution >= 0.6 is 0 Å². The fraction of sp³-hybridized carbons (Fsp3) is 0.800. The Hall–Kier alpha value is -1.14. The van der Waals surface area contributed by atoms with Gasteiger partial charge in [0, 0.05) is 6.42 Å². The molecule has 0 rings (SSSR count). The highest BCUT2D eigenvalue weighted by Gasteiger charge is 2.05. The lowest BCUT2D eigenvalue weighted by atomic mass is 10.2. The maximum atomic E-state index is 9.96. The SMILES string of the molecule is CCC(N)C(=O)O.CN(C)CCCC(=O)O. The van der Waals surface area contributed by atoms with Gasteiger partial charge in [0.15, 0.2) is 0 Å². The first-order valence-corrected chi connectivity index (χ1v) is 5.16. The van der Waals surface area contributed by atoms with Crippen molar-refractivity contribution >= 4 is 11.9 Å². The van der Waals surface area contributed by atoms with E-state index in [0.717, 1.165) is 13.0 Å². The number of carbonyl (C=O) groups is 2. The molecule has 16 heavy (non-hydrogen) atoms. The molecule has 0 heterocycles. The molecule has 0 aromatic rings. The molecule has 96 valence electrons. The molecule has 6 heteroatoms.